The molecule has 0 aliphatic carbocycles. The first-order valence-corrected chi connectivity index (χ1v) is 7.78. The molecule has 1 aromatic heterocycles. The highest BCUT2D eigenvalue weighted by molar-refractivity contribution is 6.29. The predicted octanol–water partition coefficient (Wildman–Crippen LogP) is 5.29. The molecule has 0 N–H and O–H groups in total. The van der Waals surface area contributed by atoms with Crippen LogP contribution in [0.2, 0.25) is 5.15 Å². The zero-order valence-electron chi connectivity index (χ0n) is 13.4. The summed E-state index contributed by atoms with van der Waals surface area (Å²) in [6, 6.07) is 10.4. The maximum absolute atomic E-state index is 6.18. The minimum absolute atomic E-state index is 0.116. The Bertz CT molecular complexity index is 627. The first-order valence-electron chi connectivity index (χ1n) is 7.40. The molecule has 0 saturated heterocycles. The molecule has 0 fully saturated rings. The molecular formula is C18H23ClN2. The van der Waals surface area contributed by atoms with Crippen LogP contribution in [0.15, 0.2) is 30.3 Å². The Morgan fingerprint density at radius 1 is 1.10 bits per heavy atom. The number of rotatable bonds is 3. The molecule has 0 amide bonds. The van der Waals surface area contributed by atoms with E-state index in [1.807, 2.05) is 6.07 Å². The van der Waals surface area contributed by atoms with Gasteiger partial charge >= 0.3 is 0 Å². The van der Waals surface area contributed by atoms with E-state index in [0.717, 1.165) is 23.5 Å². The lowest BCUT2D eigenvalue weighted by Gasteiger charge is -2.17. The van der Waals surface area contributed by atoms with Crippen molar-refractivity contribution in [1.29, 1.82) is 0 Å². The number of hydrogen-bond acceptors (Lipinski definition) is 2. The second-order valence-corrected chi connectivity index (χ2v) is 7.34. The molecule has 0 atom stereocenters. The second-order valence-electron chi connectivity index (χ2n) is 6.95. The molecule has 0 saturated carbocycles. The monoisotopic (exact) mass is 302 g/mol. The molecule has 0 radical (unpaired) electrons. The summed E-state index contributed by atoms with van der Waals surface area (Å²) in [4.78, 5) is 9.06. The fourth-order valence-corrected chi connectivity index (χ4v) is 2.41. The molecule has 21 heavy (non-hydrogen) atoms. The molecule has 0 unspecified atom stereocenters. The SMILES string of the molecule is CC(C)Cc1cccc(-c2cc(Cl)nc(C(C)(C)C)n2)c1. The van der Waals surface area contributed by atoms with Gasteiger partial charge in [0.25, 0.3) is 0 Å². The van der Waals surface area contributed by atoms with Crippen LogP contribution in [0, 0.1) is 5.92 Å². The average molecular weight is 303 g/mol. The van der Waals surface area contributed by atoms with Gasteiger partial charge in [0, 0.05) is 17.0 Å². The highest BCUT2D eigenvalue weighted by atomic mass is 35.5. The molecular weight excluding hydrogens is 280 g/mol. The van der Waals surface area contributed by atoms with Gasteiger partial charge in [0.2, 0.25) is 0 Å². The van der Waals surface area contributed by atoms with E-state index in [-0.39, 0.29) is 5.41 Å². The fourth-order valence-electron chi connectivity index (χ4n) is 2.23. The molecule has 1 aromatic carbocycles. The van der Waals surface area contributed by atoms with E-state index >= 15 is 0 Å². The summed E-state index contributed by atoms with van der Waals surface area (Å²) in [6.07, 6.45) is 1.07. The highest BCUT2D eigenvalue weighted by Crippen LogP contribution is 2.26. The van der Waals surface area contributed by atoms with E-state index in [1.165, 1.54) is 5.56 Å². The van der Waals surface area contributed by atoms with E-state index in [9.17, 15) is 0 Å². The Morgan fingerprint density at radius 2 is 1.81 bits per heavy atom. The smallest absolute Gasteiger partial charge is 0.136 e. The van der Waals surface area contributed by atoms with Crippen molar-refractivity contribution < 1.29 is 0 Å². The minimum atomic E-state index is -0.116. The minimum Gasteiger partial charge on any atom is -0.232 e. The third-order valence-corrected chi connectivity index (χ3v) is 3.43. The fraction of sp³-hybridized carbons (Fsp3) is 0.444. The lowest BCUT2D eigenvalue weighted by Crippen LogP contribution is -2.16. The zero-order valence-corrected chi connectivity index (χ0v) is 14.2. The van der Waals surface area contributed by atoms with Crippen LogP contribution in [0.5, 0.6) is 0 Å². The van der Waals surface area contributed by atoms with Crippen molar-refractivity contribution >= 4 is 11.6 Å². The number of nitrogens with zero attached hydrogens (tertiary/aromatic N) is 2. The van der Waals surface area contributed by atoms with Crippen LogP contribution >= 0.6 is 11.6 Å². The summed E-state index contributed by atoms with van der Waals surface area (Å²) >= 11 is 6.18. The van der Waals surface area contributed by atoms with Crippen molar-refractivity contribution in [1.82, 2.24) is 9.97 Å². The van der Waals surface area contributed by atoms with Crippen molar-refractivity contribution in [2.75, 3.05) is 0 Å². The van der Waals surface area contributed by atoms with Gasteiger partial charge in [0.15, 0.2) is 0 Å². The number of aromatic nitrogens is 2. The average Bonchev–Trinajstić information content (AvgIpc) is 2.36. The van der Waals surface area contributed by atoms with Gasteiger partial charge in [0.1, 0.15) is 11.0 Å². The van der Waals surface area contributed by atoms with Gasteiger partial charge in [-0.15, -0.1) is 0 Å². The normalized spacial score (nSPS) is 12.0. The van der Waals surface area contributed by atoms with Crippen LogP contribution in [0.3, 0.4) is 0 Å². The molecule has 0 spiro atoms. The Hall–Kier alpha value is -1.41. The lowest BCUT2D eigenvalue weighted by atomic mass is 9.95. The van der Waals surface area contributed by atoms with Crippen LogP contribution < -0.4 is 0 Å². The maximum Gasteiger partial charge on any atom is 0.136 e. The Morgan fingerprint density at radius 3 is 2.43 bits per heavy atom. The highest BCUT2D eigenvalue weighted by Gasteiger charge is 2.19. The van der Waals surface area contributed by atoms with Gasteiger partial charge in [0.05, 0.1) is 5.69 Å². The molecule has 2 aromatic rings. The summed E-state index contributed by atoms with van der Waals surface area (Å²) in [5, 5.41) is 0.499. The van der Waals surface area contributed by atoms with Gasteiger partial charge in [-0.25, -0.2) is 9.97 Å². The second kappa shape index (κ2) is 6.15. The predicted molar refractivity (Wildman–Crippen MR) is 89.7 cm³/mol. The van der Waals surface area contributed by atoms with Gasteiger partial charge in [-0.05, 0) is 24.0 Å². The summed E-state index contributed by atoms with van der Waals surface area (Å²) in [5.74, 6) is 1.42. The Labute approximate surface area is 132 Å². The maximum atomic E-state index is 6.18. The van der Waals surface area contributed by atoms with E-state index < -0.39 is 0 Å². The zero-order chi connectivity index (χ0) is 15.6. The standard InChI is InChI=1S/C18H23ClN2/c1-12(2)9-13-7-6-8-14(10-13)15-11-16(19)21-17(20-15)18(3,4)5/h6-8,10-12H,9H2,1-5H3. The van der Waals surface area contributed by atoms with Gasteiger partial charge in [-0.3, -0.25) is 0 Å². The van der Waals surface area contributed by atoms with E-state index in [2.05, 4.69) is 63.9 Å². The molecule has 2 nitrogen and oxygen atoms in total. The molecule has 0 bridgehead atoms. The van der Waals surface area contributed by atoms with Crippen molar-refractivity contribution in [3.8, 4) is 11.3 Å². The van der Waals surface area contributed by atoms with Crippen molar-refractivity contribution in [3.05, 3.63) is 46.9 Å². The van der Waals surface area contributed by atoms with E-state index in [4.69, 9.17) is 16.6 Å². The Balaban J connectivity index is 2.44. The van der Waals surface area contributed by atoms with Gasteiger partial charge < -0.3 is 0 Å². The third kappa shape index (κ3) is 4.28. The van der Waals surface area contributed by atoms with Crippen LogP contribution in [0.1, 0.15) is 46.0 Å². The molecule has 0 aliphatic heterocycles. The molecule has 3 heteroatoms. The topological polar surface area (TPSA) is 25.8 Å². The number of halogens is 1. The lowest BCUT2D eigenvalue weighted by molar-refractivity contribution is 0.546. The number of hydrogen-bond donors (Lipinski definition) is 0. The largest absolute Gasteiger partial charge is 0.232 e. The van der Waals surface area contributed by atoms with Gasteiger partial charge in [-0.2, -0.15) is 0 Å². The van der Waals surface area contributed by atoms with Crippen molar-refractivity contribution in [2.24, 2.45) is 5.92 Å². The van der Waals surface area contributed by atoms with Crippen LogP contribution in [0.4, 0.5) is 0 Å². The summed E-state index contributed by atoms with van der Waals surface area (Å²) in [6.45, 7) is 10.7. The van der Waals surface area contributed by atoms with E-state index in [1.54, 1.807) is 0 Å². The van der Waals surface area contributed by atoms with Crippen molar-refractivity contribution in [3.63, 3.8) is 0 Å². The van der Waals surface area contributed by atoms with E-state index in [0.29, 0.717) is 11.1 Å². The first kappa shape index (κ1) is 16.0. The molecule has 112 valence electrons. The molecule has 1 heterocycles. The van der Waals surface area contributed by atoms with Crippen LogP contribution in [0.25, 0.3) is 11.3 Å². The van der Waals surface area contributed by atoms with Crippen LogP contribution in [-0.4, -0.2) is 9.97 Å². The summed E-state index contributed by atoms with van der Waals surface area (Å²) < 4.78 is 0. The molecule has 2 rings (SSSR count). The summed E-state index contributed by atoms with van der Waals surface area (Å²) in [7, 11) is 0. The molecule has 0 aliphatic rings. The third-order valence-electron chi connectivity index (χ3n) is 3.23. The van der Waals surface area contributed by atoms with Gasteiger partial charge in [-0.1, -0.05) is 64.4 Å². The Kier molecular flexibility index (Phi) is 4.67. The first-order chi connectivity index (χ1) is 9.75. The van der Waals surface area contributed by atoms with Crippen LogP contribution in [-0.2, 0) is 11.8 Å². The van der Waals surface area contributed by atoms with Crippen molar-refractivity contribution in [2.45, 2.75) is 46.5 Å². The number of benzene rings is 1. The quantitative estimate of drug-likeness (QED) is 0.720. The summed E-state index contributed by atoms with van der Waals surface area (Å²) in [5.41, 5.74) is 3.21.